The molecule has 4 aromatic rings. The van der Waals surface area contributed by atoms with E-state index in [0.29, 0.717) is 23.9 Å². The van der Waals surface area contributed by atoms with E-state index in [1.54, 1.807) is 23.0 Å². The number of aromatic nitrogens is 3. The normalized spacial score (nSPS) is 10.9. The van der Waals surface area contributed by atoms with Crippen molar-refractivity contribution in [1.82, 2.24) is 14.8 Å². The minimum atomic E-state index is -0.549. The molecule has 0 aliphatic heterocycles. The number of ether oxygens (including phenoxy) is 1. The Balaban J connectivity index is 1.35. The van der Waals surface area contributed by atoms with E-state index in [2.05, 4.69) is 10.1 Å². The molecule has 7 nitrogen and oxygen atoms in total. The predicted molar refractivity (Wildman–Crippen MR) is 89.0 cm³/mol. The average Bonchev–Trinajstić information content (AvgIpc) is 3.39. The molecule has 0 N–H and O–H groups in total. The van der Waals surface area contributed by atoms with E-state index >= 15 is 0 Å². The SMILES string of the molecule is O=C(OCc1coc(-c2cccs2)n1)c1ccc(Cn2cccn2)o1. The lowest BCUT2D eigenvalue weighted by molar-refractivity contribution is 0.0429. The minimum Gasteiger partial charge on any atom is -0.453 e. The van der Waals surface area contributed by atoms with Crippen LogP contribution >= 0.6 is 11.3 Å². The molecule has 0 saturated heterocycles. The van der Waals surface area contributed by atoms with Gasteiger partial charge in [0.05, 0.1) is 11.4 Å². The number of carbonyl (C=O) groups is 1. The minimum absolute atomic E-state index is 0.0168. The Morgan fingerprint density at radius 1 is 1.28 bits per heavy atom. The summed E-state index contributed by atoms with van der Waals surface area (Å²) >= 11 is 1.53. The van der Waals surface area contributed by atoms with Gasteiger partial charge in [-0.25, -0.2) is 9.78 Å². The molecule has 0 unspecified atom stereocenters. The van der Waals surface area contributed by atoms with Crippen LogP contribution in [0.2, 0.25) is 0 Å². The maximum absolute atomic E-state index is 12.1. The van der Waals surface area contributed by atoms with Gasteiger partial charge in [0.1, 0.15) is 24.3 Å². The van der Waals surface area contributed by atoms with Gasteiger partial charge in [-0.05, 0) is 29.6 Å². The van der Waals surface area contributed by atoms with Crippen LogP contribution in [-0.4, -0.2) is 20.7 Å². The summed E-state index contributed by atoms with van der Waals surface area (Å²) in [6.07, 6.45) is 4.98. The first-order chi connectivity index (χ1) is 12.3. The molecular weight excluding hydrogens is 342 g/mol. The molecule has 0 amide bonds. The highest BCUT2D eigenvalue weighted by Gasteiger charge is 2.15. The Morgan fingerprint density at radius 2 is 2.24 bits per heavy atom. The Hall–Kier alpha value is -3.13. The quantitative estimate of drug-likeness (QED) is 0.492. The van der Waals surface area contributed by atoms with Crippen LogP contribution in [0.1, 0.15) is 22.0 Å². The van der Waals surface area contributed by atoms with E-state index in [-0.39, 0.29) is 12.4 Å². The summed E-state index contributed by atoms with van der Waals surface area (Å²) in [6.45, 7) is 0.469. The van der Waals surface area contributed by atoms with Crippen molar-refractivity contribution in [3.63, 3.8) is 0 Å². The third-order valence-corrected chi connectivity index (χ3v) is 4.23. The van der Waals surface area contributed by atoms with Crippen LogP contribution in [0.3, 0.4) is 0 Å². The van der Waals surface area contributed by atoms with E-state index in [0.717, 1.165) is 4.88 Å². The highest BCUT2D eigenvalue weighted by Crippen LogP contribution is 2.24. The number of rotatable bonds is 6. The van der Waals surface area contributed by atoms with Crippen LogP contribution < -0.4 is 0 Å². The fraction of sp³-hybridized carbons (Fsp3) is 0.118. The zero-order valence-electron chi connectivity index (χ0n) is 13.0. The Bertz CT molecular complexity index is 954. The van der Waals surface area contributed by atoms with Crippen LogP contribution in [0.15, 0.2) is 63.2 Å². The van der Waals surface area contributed by atoms with Crippen molar-refractivity contribution in [2.75, 3.05) is 0 Å². The number of furan rings is 1. The van der Waals surface area contributed by atoms with E-state index in [4.69, 9.17) is 13.6 Å². The van der Waals surface area contributed by atoms with Crippen molar-refractivity contribution in [2.24, 2.45) is 0 Å². The smallest absolute Gasteiger partial charge is 0.374 e. The summed E-state index contributed by atoms with van der Waals surface area (Å²) < 4.78 is 17.8. The second-order valence-electron chi connectivity index (χ2n) is 5.17. The van der Waals surface area contributed by atoms with Gasteiger partial charge in [-0.3, -0.25) is 4.68 Å². The molecule has 0 atom stereocenters. The Morgan fingerprint density at radius 3 is 3.04 bits per heavy atom. The molecule has 0 radical (unpaired) electrons. The average molecular weight is 355 g/mol. The lowest BCUT2D eigenvalue weighted by atomic mass is 10.4. The highest BCUT2D eigenvalue weighted by molar-refractivity contribution is 7.13. The molecule has 0 bridgehead atoms. The number of nitrogens with zero attached hydrogens (tertiary/aromatic N) is 3. The largest absolute Gasteiger partial charge is 0.453 e. The van der Waals surface area contributed by atoms with Gasteiger partial charge in [0.15, 0.2) is 0 Å². The number of hydrogen-bond donors (Lipinski definition) is 0. The monoisotopic (exact) mass is 355 g/mol. The first kappa shape index (κ1) is 15.4. The molecule has 4 rings (SSSR count). The van der Waals surface area contributed by atoms with E-state index in [1.165, 1.54) is 17.6 Å². The third-order valence-electron chi connectivity index (χ3n) is 3.37. The molecule has 126 valence electrons. The molecule has 0 fully saturated rings. The van der Waals surface area contributed by atoms with E-state index in [1.807, 2.05) is 29.8 Å². The molecule has 0 aromatic carbocycles. The molecule has 0 aliphatic rings. The molecule has 0 aliphatic carbocycles. The number of carbonyl (C=O) groups excluding carboxylic acids is 1. The number of esters is 1. The predicted octanol–water partition coefficient (Wildman–Crippen LogP) is 3.60. The molecule has 0 spiro atoms. The molecule has 0 saturated carbocycles. The van der Waals surface area contributed by atoms with Crippen LogP contribution in [0.5, 0.6) is 0 Å². The van der Waals surface area contributed by atoms with Crippen LogP contribution in [-0.2, 0) is 17.9 Å². The molecule has 4 heterocycles. The van der Waals surface area contributed by atoms with Crippen molar-refractivity contribution in [3.05, 3.63) is 71.6 Å². The van der Waals surface area contributed by atoms with Gasteiger partial charge in [0.25, 0.3) is 0 Å². The Labute approximate surface area is 146 Å². The zero-order valence-corrected chi connectivity index (χ0v) is 13.8. The second kappa shape index (κ2) is 6.78. The number of thiophene rings is 1. The maximum atomic E-state index is 12.1. The molecule has 25 heavy (non-hydrogen) atoms. The van der Waals surface area contributed by atoms with Gasteiger partial charge in [-0.2, -0.15) is 5.10 Å². The van der Waals surface area contributed by atoms with Gasteiger partial charge < -0.3 is 13.6 Å². The maximum Gasteiger partial charge on any atom is 0.374 e. The molecule has 4 aromatic heterocycles. The summed E-state index contributed by atoms with van der Waals surface area (Å²) in [5.74, 6) is 0.731. The first-order valence-corrected chi connectivity index (χ1v) is 8.37. The van der Waals surface area contributed by atoms with Gasteiger partial charge in [-0.15, -0.1) is 11.3 Å². The zero-order chi connectivity index (χ0) is 17.1. The lowest BCUT2D eigenvalue weighted by Crippen LogP contribution is -2.04. The summed E-state index contributed by atoms with van der Waals surface area (Å²) in [6, 6.07) is 8.96. The molecular formula is C17H13N3O4S. The van der Waals surface area contributed by atoms with Crippen LogP contribution in [0, 0.1) is 0 Å². The molecule has 8 heteroatoms. The van der Waals surface area contributed by atoms with Gasteiger partial charge >= 0.3 is 5.97 Å². The van der Waals surface area contributed by atoms with Crippen molar-refractivity contribution >= 4 is 17.3 Å². The lowest BCUT2D eigenvalue weighted by Gasteiger charge is -2.00. The van der Waals surface area contributed by atoms with Crippen molar-refractivity contribution in [2.45, 2.75) is 13.2 Å². The number of hydrogen-bond acceptors (Lipinski definition) is 7. The van der Waals surface area contributed by atoms with Crippen molar-refractivity contribution < 1.29 is 18.4 Å². The number of oxazole rings is 1. The highest BCUT2D eigenvalue weighted by atomic mass is 32.1. The van der Waals surface area contributed by atoms with Gasteiger partial charge in [0.2, 0.25) is 11.7 Å². The summed E-state index contributed by atoms with van der Waals surface area (Å²) in [7, 11) is 0. The van der Waals surface area contributed by atoms with Crippen LogP contribution in [0.4, 0.5) is 0 Å². The Kier molecular flexibility index (Phi) is 4.17. The fourth-order valence-electron chi connectivity index (χ4n) is 2.22. The summed E-state index contributed by atoms with van der Waals surface area (Å²) in [4.78, 5) is 17.3. The fourth-order valence-corrected chi connectivity index (χ4v) is 2.88. The second-order valence-corrected chi connectivity index (χ2v) is 6.11. The topological polar surface area (TPSA) is 83.3 Å². The standard InChI is InChI=1S/C17H13N3O4S/c21-17(14-5-4-13(24-14)9-20-7-2-6-18-20)23-11-12-10-22-16(19-12)15-3-1-8-25-15/h1-8,10H,9,11H2. The van der Waals surface area contributed by atoms with E-state index in [9.17, 15) is 4.79 Å². The van der Waals surface area contributed by atoms with Crippen molar-refractivity contribution in [1.29, 1.82) is 0 Å². The van der Waals surface area contributed by atoms with Gasteiger partial charge in [0, 0.05) is 12.4 Å². The van der Waals surface area contributed by atoms with Crippen LogP contribution in [0.25, 0.3) is 10.8 Å². The van der Waals surface area contributed by atoms with Gasteiger partial charge in [-0.1, -0.05) is 6.07 Å². The van der Waals surface area contributed by atoms with Crippen molar-refractivity contribution in [3.8, 4) is 10.8 Å². The van der Waals surface area contributed by atoms with E-state index < -0.39 is 5.97 Å². The summed E-state index contributed by atoms with van der Waals surface area (Å²) in [5.41, 5.74) is 0.542. The summed E-state index contributed by atoms with van der Waals surface area (Å²) in [5, 5.41) is 6.03. The first-order valence-electron chi connectivity index (χ1n) is 7.49. The third kappa shape index (κ3) is 3.53.